The summed E-state index contributed by atoms with van der Waals surface area (Å²) in [6, 6.07) is 35.9. The van der Waals surface area contributed by atoms with E-state index in [1.165, 1.54) is 33.5 Å². The molecule has 6 heteroatoms. The zero-order chi connectivity index (χ0) is 65.7. The lowest BCUT2D eigenvalue weighted by molar-refractivity contribution is 0.483. The fraction of sp³-hybridized carbons (Fsp3) is 0.157. The minimum absolute atomic E-state index is 0.0612. The van der Waals surface area contributed by atoms with Crippen molar-refractivity contribution in [3.63, 3.8) is 0 Å². The van der Waals surface area contributed by atoms with Gasteiger partial charge in [0.15, 0.2) is 0 Å². The van der Waals surface area contributed by atoms with Gasteiger partial charge in [0.05, 0.1) is 57.9 Å². The van der Waals surface area contributed by atoms with Crippen molar-refractivity contribution in [2.75, 3.05) is 16.5 Å². The summed E-state index contributed by atoms with van der Waals surface area (Å²) >= 11 is 0. The number of pyridine rings is 1. The largest absolute Gasteiger partial charge is 0.457 e. The standard InChI is InChI=1S/C70H61N5O/c1-46-36-67(71-43-61(46)49-22-12-9-13-23-49)75-64-35-32-53(74-62-29-16-14-26-57(62)58-27-15-17-30-63(58)74)41-60(64)59-34-33-55(42-66(59)75)76-54-25-18-24-52(40-54)73-45-72(68-56(28-19-31-65(68)73)48-20-10-8-11-21-48)44-47-37-50(69(2,3)4)39-51(38-47)70(5,6)7/h8-43H,44-45H2,1-7H3/i1D3,9D,12D,13D,14D,15D,16D,17D,22D,23D,26D,27D,29D,30D. The molecule has 6 nitrogen and oxygen atoms in total. The number of anilines is 3. The first-order chi connectivity index (χ1) is 43.4. The van der Waals surface area contributed by atoms with Gasteiger partial charge >= 0.3 is 0 Å². The molecule has 372 valence electrons. The Balaban J connectivity index is 0.975. The Morgan fingerprint density at radius 1 is 0.526 bits per heavy atom. The van der Waals surface area contributed by atoms with Crippen molar-refractivity contribution in [1.82, 2.24) is 14.1 Å². The van der Waals surface area contributed by atoms with Gasteiger partial charge in [0, 0.05) is 73.0 Å². The molecule has 0 bridgehead atoms. The van der Waals surface area contributed by atoms with E-state index < -0.39 is 85.4 Å². The highest BCUT2D eigenvalue weighted by atomic mass is 16.5. The van der Waals surface area contributed by atoms with Gasteiger partial charge in [-0.25, -0.2) is 4.98 Å². The monoisotopic (exact) mass is 1000 g/mol. The summed E-state index contributed by atoms with van der Waals surface area (Å²) in [6.45, 7) is 11.7. The third kappa shape index (κ3) is 8.26. The molecule has 1 aliphatic rings. The van der Waals surface area contributed by atoms with Gasteiger partial charge in [-0.3, -0.25) is 4.57 Å². The van der Waals surface area contributed by atoms with Gasteiger partial charge < -0.3 is 19.1 Å². The summed E-state index contributed by atoms with van der Waals surface area (Å²) in [4.78, 5) is 9.50. The Kier molecular flexibility index (Phi) is 7.77. The van der Waals surface area contributed by atoms with E-state index in [4.69, 9.17) is 28.9 Å². The number of para-hydroxylation sites is 3. The van der Waals surface area contributed by atoms with E-state index in [0.29, 0.717) is 46.5 Å². The van der Waals surface area contributed by atoms with E-state index in [-0.39, 0.29) is 60.8 Å². The second kappa shape index (κ2) is 18.2. The van der Waals surface area contributed by atoms with E-state index in [1.807, 2.05) is 48.5 Å². The second-order valence-corrected chi connectivity index (χ2v) is 21.4. The van der Waals surface area contributed by atoms with E-state index >= 15 is 0 Å². The minimum atomic E-state index is -2.92. The molecule has 0 amide bonds. The van der Waals surface area contributed by atoms with Crippen molar-refractivity contribution < 1.29 is 26.7 Å². The first-order valence-electron chi connectivity index (χ1n) is 33.3. The predicted octanol–water partition coefficient (Wildman–Crippen LogP) is 18.4. The third-order valence-corrected chi connectivity index (χ3v) is 14.4. The summed E-state index contributed by atoms with van der Waals surface area (Å²) < 4.78 is 150. The first kappa shape index (κ1) is 32.4. The first-order valence-corrected chi connectivity index (χ1v) is 25.3. The summed E-state index contributed by atoms with van der Waals surface area (Å²) in [5.41, 5.74) is 8.84. The molecule has 0 N–H and O–H groups in total. The van der Waals surface area contributed by atoms with Crippen LogP contribution in [0, 0.1) is 6.85 Å². The Morgan fingerprint density at radius 2 is 1.22 bits per heavy atom. The fourth-order valence-corrected chi connectivity index (χ4v) is 10.6. The zero-order valence-corrected chi connectivity index (χ0v) is 42.8. The Labute approximate surface area is 468 Å². The molecule has 9 aromatic carbocycles. The van der Waals surface area contributed by atoms with Crippen molar-refractivity contribution in [3.8, 4) is 45.3 Å². The zero-order valence-electron chi connectivity index (χ0n) is 58.8. The molecule has 13 rings (SSSR count). The molecule has 0 unspecified atom stereocenters. The number of rotatable bonds is 9. The number of fused-ring (bicyclic) bond motifs is 7. The van der Waals surface area contributed by atoms with Gasteiger partial charge in [-0.15, -0.1) is 0 Å². The molecule has 0 atom stereocenters. The van der Waals surface area contributed by atoms with Crippen molar-refractivity contribution in [3.05, 3.63) is 240 Å². The van der Waals surface area contributed by atoms with Crippen LogP contribution in [0.15, 0.2) is 218 Å². The number of hydrogen-bond acceptors (Lipinski definition) is 4. The lowest BCUT2D eigenvalue weighted by Crippen LogP contribution is -2.28. The van der Waals surface area contributed by atoms with Gasteiger partial charge in [-0.2, -0.15) is 0 Å². The van der Waals surface area contributed by atoms with Crippen molar-refractivity contribution in [2.45, 2.75) is 65.8 Å². The van der Waals surface area contributed by atoms with Crippen LogP contribution in [-0.4, -0.2) is 20.8 Å². The quantitative estimate of drug-likeness (QED) is 0.144. The number of aromatic nitrogens is 3. The van der Waals surface area contributed by atoms with Crippen LogP contribution in [0.1, 0.15) is 85.7 Å². The molecule has 1 aliphatic heterocycles. The molecule has 4 heterocycles. The minimum Gasteiger partial charge on any atom is -0.457 e. The topological polar surface area (TPSA) is 38.5 Å². The number of benzene rings is 9. The van der Waals surface area contributed by atoms with E-state index in [2.05, 4.69) is 99.9 Å². The van der Waals surface area contributed by atoms with Gasteiger partial charge in [-0.05, 0) is 118 Å². The molecular weight excluding hydrogens is 927 g/mol. The molecule has 0 spiro atoms. The number of nitrogens with zero attached hydrogens (tertiary/aromatic N) is 5. The predicted molar refractivity (Wildman–Crippen MR) is 319 cm³/mol. The van der Waals surface area contributed by atoms with Crippen molar-refractivity contribution in [1.29, 1.82) is 0 Å². The maximum Gasteiger partial charge on any atom is 0.137 e. The van der Waals surface area contributed by atoms with E-state index in [0.717, 1.165) is 28.2 Å². The van der Waals surface area contributed by atoms with Gasteiger partial charge in [-0.1, -0.05) is 175 Å². The Bertz CT molecular complexity index is 4960. The van der Waals surface area contributed by atoms with Crippen molar-refractivity contribution in [2.24, 2.45) is 0 Å². The highest BCUT2D eigenvalue weighted by molar-refractivity contribution is 6.12. The maximum atomic E-state index is 9.21. The molecule has 3 aromatic heterocycles. The molecular formula is C70H61N5O. The third-order valence-electron chi connectivity index (χ3n) is 14.4. The molecule has 0 radical (unpaired) electrons. The lowest BCUT2D eigenvalue weighted by Gasteiger charge is -2.28. The van der Waals surface area contributed by atoms with Crippen LogP contribution in [0.2, 0.25) is 0 Å². The summed E-state index contributed by atoms with van der Waals surface area (Å²) in [7, 11) is 0. The van der Waals surface area contributed by atoms with Crippen LogP contribution < -0.4 is 14.5 Å². The Hall–Kier alpha value is -8.87. The smallest absolute Gasteiger partial charge is 0.137 e. The second-order valence-electron chi connectivity index (χ2n) is 21.4. The molecule has 76 heavy (non-hydrogen) atoms. The highest BCUT2D eigenvalue weighted by Gasteiger charge is 2.31. The fourth-order valence-electron chi connectivity index (χ4n) is 10.6. The van der Waals surface area contributed by atoms with Crippen LogP contribution in [0.3, 0.4) is 0 Å². The number of hydrogen-bond donors (Lipinski definition) is 0. The van der Waals surface area contributed by atoms with E-state index in [1.54, 1.807) is 34.9 Å². The average Bonchev–Trinajstić information content (AvgIpc) is 1.54. The molecule has 0 saturated carbocycles. The highest BCUT2D eigenvalue weighted by Crippen LogP contribution is 2.48. The summed E-state index contributed by atoms with van der Waals surface area (Å²) in [6.07, 6.45) is 1.19. The van der Waals surface area contributed by atoms with Gasteiger partial charge in [0.1, 0.15) is 17.3 Å². The molecule has 12 aromatic rings. The van der Waals surface area contributed by atoms with E-state index in [9.17, 15) is 2.74 Å². The van der Waals surface area contributed by atoms with Crippen LogP contribution >= 0.6 is 0 Å². The van der Waals surface area contributed by atoms with Crippen LogP contribution in [0.4, 0.5) is 17.1 Å². The molecule has 0 saturated heterocycles. The van der Waals surface area contributed by atoms with Crippen molar-refractivity contribution >= 4 is 60.7 Å². The normalized spacial score (nSPS) is 16.0. The van der Waals surface area contributed by atoms with Crippen LogP contribution in [0.25, 0.3) is 77.4 Å². The van der Waals surface area contributed by atoms with Gasteiger partial charge in [0.25, 0.3) is 0 Å². The summed E-state index contributed by atoms with van der Waals surface area (Å²) in [5.74, 6) is 0.916. The van der Waals surface area contributed by atoms with Crippen LogP contribution in [0.5, 0.6) is 11.5 Å². The van der Waals surface area contributed by atoms with Crippen LogP contribution in [-0.2, 0) is 17.4 Å². The maximum absolute atomic E-state index is 9.21. The molecule has 0 fully saturated rings. The summed E-state index contributed by atoms with van der Waals surface area (Å²) in [5, 5.41) is 0.880. The Morgan fingerprint density at radius 3 is 1.95 bits per heavy atom. The number of aryl methyl sites for hydroxylation is 1. The average molecular weight is 1000 g/mol. The molecule has 0 aliphatic carbocycles. The number of ether oxygens (including phenoxy) is 1. The van der Waals surface area contributed by atoms with Gasteiger partial charge in [0.2, 0.25) is 0 Å². The lowest BCUT2D eigenvalue weighted by atomic mass is 9.79. The SMILES string of the molecule is [2H]c1c([2H])c([2H])c(-c2cnc(-n3c4ccc(-n5c6c([2H])c([2H])c([2H])c([2H])c6c6c([2H])c([2H])c([2H])c([2H])c65)cc4c4ccc(Oc5cccc(N6CN(Cc7cc(C(C)(C)C)cc(C(C)(C)C)c7)c7c(-c8ccccc8)cccc76)c5)cc43)cc2C([2H])([2H])[2H])c([2H])c1[2H].